The van der Waals surface area contributed by atoms with Crippen LogP contribution >= 0.6 is 0 Å². The van der Waals surface area contributed by atoms with Crippen LogP contribution in [0.25, 0.3) is 0 Å². The van der Waals surface area contributed by atoms with Gasteiger partial charge in [0.1, 0.15) is 0 Å². The van der Waals surface area contributed by atoms with E-state index >= 15 is 0 Å². The first-order valence-corrected chi connectivity index (χ1v) is 9.86. The highest BCUT2D eigenvalue weighted by atomic mass is 16.3. The highest BCUT2D eigenvalue weighted by Crippen LogP contribution is 2.33. The molecule has 2 N–H and O–H groups in total. The highest BCUT2D eigenvalue weighted by molar-refractivity contribution is 5.99. The van der Waals surface area contributed by atoms with Gasteiger partial charge >= 0.3 is 6.03 Å². The zero-order valence-electron chi connectivity index (χ0n) is 16.8. The Kier molecular flexibility index (Phi) is 5.47. The van der Waals surface area contributed by atoms with Crippen molar-refractivity contribution < 1.29 is 14.7 Å². The van der Waals surface area contributed by atoms with Crippen molar-refractivity contribution in [1.29, 1.82) is 0 Å². The quantitative estimate of drug-likeness (QED) is 0.852. The number of likely N-dealkylation sites (tertiary alicyclic amines) is 1. The Balaban J connectivity index is 1.80. The molecule has 2 atom stereocenters. The number of nitrogens with one attached hydrogen (secondary N) is 1. The van der Waals surface area contributed by atoms with E-state index in [-0.39, 0.29) is 17.9 Å². The third-order valence-corrected chi connectivity index (χ3v) is 5.85. The first-order valence-electron chi connectivity index (χ1n) is 9.86. The predicted molar refractivity (Wildman–Crippen MR) is 106 cm³/mol. The number of carbonyl (C=O) groups excluding carboxylic acids is 2. The van der Waals surface area contributed by atoms with Crippen LogP contribution in [0.2, 0.25) is 0 Å². The molecule has 3 rings (SSSR count). The van der Waals surface area contributed by atoms with E-state index in [2.05, 4.69) is 19.2 Å². The minimum atomic E-state index is -0.729. The summed E-state index contributed by atoms with van der Waals surface area (Å²) in [6.07, 6.45) is 1.48. The van der Waals surface area contributed by atoms with Gasteiger partial charge in [0, 0.05) is 43.3 Å². The Morgan fingerprint density at radius 2 is 2.11 bits per heavy atom. The fourth-order valence-corrected chi connectivity index (χ4v) is 4.12. The molecule has 0 unspecified atom stereocenters. The van der Waals surface area contributed by atoms with Crippen LogP contribution in [0.1, 0.15) is 49.5 Å². The molecule has 0 radical (unpaired) electrons. The lowest BCUT2D eigenvalue weighted by Gasteiger charge is -2.43. The van der Waals surface area contributed by atoms with Crippen molar-refractivity contribution in [3.63, 3.8) is 0 Å². The number of rotatable bonds is 4. The standard InChI is InChI=1S/C21H31N3O3/c1-14(2)11-17-13-23(9-7-21(17,4)27)19(25)16-6-5-15(3)18(12-16)24-10-8-22-20(24)26/h5-6,12,14,17,27H,7-11,13H2,1-4H3,(H,22,26)/t17-,21+/m0/s1. The number of anilines is 1. The molecule has 27 heavy (non-hydrogen) atoms. The summed E-state index contributed by atoms with van der Waals surface area (Å²) < 4.78 is 0. The molecule has 2 heterocycles. The lowest BCUT2D eigenvalue weighted by molar-refractivity contribution is -0.0577. The molecule has 2 aliphatic heterocycles. The van der Waals surface area contributed by atoms with Crippen molar-refractivity contribution in [2.75, 3.05) is 31.1 Å². The van der Waals surface area contributed by atoms with E-state index in [1.165, 1.54) is 0 Å². The van der Waals surface area contributed by atoms with Gasteiger partial charge < -0.3 is 15.3 Å². The van der Waals surface area contributed by atoms with E-state index in [1.54, 1.807) is 4.90 Å². The average Bonchev–Trinajstić information content (AvgIpc) is 3.02. The zero-order valence-corrected chi connectivity index (χ0v) is 16.8. The summed E-state index contributed by atoms with van der Waals surface area (Å²) in [5.74, 6) is 0.515. The minimum Gasteiger partial charge on any atom is -0.390 e. The molecule has 148 valence electrons. The molecular weight excluding hydrogens is 342 g/mol. The Hall–Kier alpha value is -2.08. The number of carbonyl (C=O) groups is 2. The molecule has 0 aliphatic carbocycles. The molecule has 3 amide bonds. The summed E-state index contributed by atoms with van der Waals surface area (Å²) in [7, 11) is 0. The third-order valence-electron chi connectivity index (χ3n) is 5.85. The van der Waals surface area contributed by atoms with Crippen LogP contribution in [0, 0.1) is 18.8 Å². The second kappa shape index (κ2) is 7.50. The van der Waals surface area contributed by atoms with Crippen molar-refractivity contribution in [2.24, 2.45) is 11.8 Å². The largest absolute Gasteiger partial charge is 0.390 e. The SMILES string of the molecule is Cc1ccc(C(=O)N2CC[C@@](C)(O)[C@@H](CC(C)C)C2)cc1N1CCNC1=O. The smallest absolute Gasteiger partial charge is 0.322 e. The summed E-state index contributed by atoms with van der Waals surface area (Å²) in [6, 6.07) is 5.44. The van der Waals surface area contributed by atoms with Gasteiger partial charge in [0.15, 0.2) is 0 Å². The molecular formula is C21H31N3O3. The van der Waals surface area contributed by atoms with Crippen molar-refractivity contribution in [1.82, 2.24) is 10.2 Å². The maximum atomic E-state index is 13.1. The number of aliphatic hydroxyl groups is 1. The molecule has 1 aromatic rings. The van der Waals surface area contributed by atoms with E-state index < -0.39 is 5.60 Å². The fraction of sp³-hybridized carbons (Fsp3) is 0.619. The molecule has 2 saturated heterocycles. The lowest BCUT2D eigenvalue weighted by Crippen LogP contribution is -2.52. The molecule has 0 bridgehead atoms. The maximum absolute atomic E-state index is 13.1. The first kappa shape index (κ1) is 19.7. The molecule has 2 aliphatic rings. The van der Waals surface area contributed by atoms with Crippen molar-refractivity contribution in [2.45, 2.75) is 46.1 Å². The Bertz CT molecular complexity index is 729. The van der Waals surface area contributed by atoms with Crippen LogP contribution in [0.4, 0.5) is 10.5 Å². The molecule has 0 aromatic heterocycles. The number of amides is 3. The van der Waals surface area contributed by atoms with E-state index in [4.69, 9.17) is 0 Å². The first-order chi connectivity index (χ1) is 12.7. The topological polar surface area (TPSA) is 72.9 Å². The Morgan fingerprint density at radius 1 is 1.37 bits per heavy atom. The number of hydrogen-bond donors (Lipinski definition) is 2. The van der Waals surface area contributed by atoms with Gasteiger partial charge in [-0.3, -0.25) is 9.69 Å². The van der Waals surface area contributed by atoms with Gasteiger partial charge in [0.25, 0.3) is 5.91 Å². The van der Waals surface area contributed by atoms with Crippen molar-refractivity contribution in [3.05, 3.63) is 29.3 Å². The number of urea groups is 1. The fourth-order valence-electron chi connectivity index (χ4n) is 4.12. The molecule has 0 saturated carbocycles. The van der Waals surface area contributed by atoms with Crippen LogP contribution in [0.5, 0.6) is 0 Å². The number of benzene rings is 1. The van der Waals surface area contributed by atoms with Crippen LogP contribution in [0.3, 0.4) is 0 Å². The van der Waals surface area contributed by atoms with E-state index in [9.17, 15) is 14.7 Å². The van der Waals surface area contributed by atoms with Crippen molar-refractivity contribution >= 4 is 17.6 Å². The normalized spacial score (nSPS) is 25.9. The number of aryl methyl sites for hydroxylation is 1. The summed E-state index contributed by atoms with van der Waals surface area (Å²) in [4.78, 5) is 28.7. The van der Waals surface area contributed by atoms with Crippen molar-refractivity contribution in [3.8, 4) is 0 Å². The van der Waals surface area contributed by atoms with Crippen LogP contribution in [0.15, 0.2) is 18.2 Å². The maximum Gasteiger partial charge on any atom is 0.322 e. The van der Waals surface area contributed by atoms with Gasteiger partial charge in [-0.15, -0.1) is 0 Å². The monoisotopic (exact) mass is 373 g/mol. The zero-order chi connectivity index (χ0) is 19.8. The van der Waals surface area contributed by atoms with Gasteiger partial charge in [-0.05, 0) is 50.3 Å². The van der Waals surface area contributed by atoms with E-state index in [0.717, 1.165) is 17.7 Å². The van der Waals surface area contributed by atoms with Gasteiger partial charge in [0.2, 0.25) is 0 Å². The second-order valence-electron chi connectivity index (χ2n) is 8.57. The van der Waals surface area contributed by atoms with E-state index in [1.807, 2.05) is 36.9 Å². The Labute approximate surface area is 161 Å². The molecule has 1 aromatic carbocycles. The highest BCUT2D eigenvalue weighted by Gasteiger charge is 2.39. The van der Waals surface area contributed by atoms with Crippen LogP contribution in [-0.2, 0) is 0 Å². The molecule has 6 nitrogen and oxygen atoms in total. The predicted octanol–water partition coefficient (Wildman–Crippen LogP) is 2.78. The molecule has 6 heteroatoms. The minimum absolute atomic E-state index is 0.0277. The summed E-state index contributed by atoms with van der Waals surface area (Å²) in [6.45, 7) is 10.5. The molecule has 2 fully saturated rings. The summed E-state index contributed by atoms with van der Waals surface area (Å²) >= 11 is 0. The third kappa shape index (κ3) is 4.10. The van der Waals surface area contributed by atoms with E-state index in [0.29, 0.717) is 44.1 Å². The average molecular weight is 373 g/mol. The number of nitrogens with zero attached hydrogens (tertiary/aromatic N) is 2. The van der Waals surface area contributed by atoms with Gasteiger partial charge in [0.05, 0.1) is 5.60 Å². The Morgan fingerprint density at radius 3 is 2.74 bits per heavy atom. The number of piperidine rings is 1. The summed E-state index contributed by atoms with van der Waals surface area (Å²) in [5.41, 5.74) is 1.63. The van der Waals surface area contributed by atoms with Gasteiger partial charge in [-0.25, -0.2) is 4.79 Å². The van der Waals surface area contributed by atoms with Gasteiger partial charge in [-0.2, -0.15) is 0 Å². The van der Waals surface area contributed by atoms with Gasteiger partial charge in [-0.1, -0.05) is 19.9 Å². The lowest BCUT2D eigenvalue weighted by atomic mass is 9.78. The van der Waals surface area contributed by atoms with Crippen LogP contribution in [-0.4, -0.2) is 53.7 Å². The summed E-state index contributed by atoms with van der Waals surface area (Å²) in [5, 5.41) is 13.5. The second-order valence-corrected chi connectivity index (χ2v) is 8.57. The molecule has 0 spiro atoms. The van der Waals surface area contributed by atoms with Crippen LogP contribution < -0.4 is 10.2 Å². The number of hydrogen-bond acceptors (Lipinski definition) is 3.